The van der Waals surface area contributed by atoms with Crippen LogP contribution in [0.5, 0.6) is 11.8 Å². The molecular weight excluding hydrogens is 629 g/mol. The molecule has 12 nitrogen and oxygen atoms in total. The minimum atomic E-state index is -1.36. The summed E-state index contributed by atoms with van der Waals surface area (Å²) >= 11 is 0. The van der Waals surface area contributed by atoms with Gasteiger partial charge in [0.1, 0.15) is 40.7 Å². The SMILES string of the molecule is C=N/C(=C(/F)c1nc(OC[C@@H]2CCCN2C)nc(N2CC3CCC(C(N)=O)(C2)N3C(=O)OC(C)(C)C)c1C)c1cc(O)cc2ccccc12. The van der Waals surface area contributed by atoms with E-state index in [4.69, 9.17) is 20.2 Å². The van der Waals surface area contributed by atoms with Gasteiger partial charge in [0.05, 0.1) is 12.6 Å². The van der Waals surface area contributed by atoms with Crippen molar-refractivity contribution in [3.8, 4) is 11.8 Å². The molecule has 3 atom stereocenters. The Bertz CT molecular complexity index is 1840. The van der Waals surface area contributed by atoms with E-state index < -0.39 is 35.0 Å². The first-order valence-electron chi connectivity index (χ1n) is 16.6. The third kappa shape index (κ3) is 6.39. The lowest BCUT2D eigenvalue weighted by atomic mass is 9.93. The molecule has 3 saturated heterocycles. The number of nitrogens with zero attached hydrogens (tertiary/aromatic N) is 6. The summed E-state index contributed by atoms with van der Waals surface area (Å²) in [7, 11) is 2.03. The molecule has 260 valence electrons. The second kappa shape index (κ2) is 12.9. The monoisotopic (exact) mass is 673 g/mol. The second-order valence-corrected chi connectivity index (χ2v) is 14.2. The van der Waals surface area contributed by atoms with Gasteiger partial charge in [-0.1, -0.05) is 24.3 Å². The van der Waals surface area contributed by atoms with E-state index in [1.165, 1.54) is 11.0 Å². The number of piperazine rings is 1. The molecule has 3 aliphatic heterocycles. The van der Waals surface area contributed by atoms with Gasteiger partial charge >= 0.3 is 12.1 Å². The Balaban J connectivity index is 1.46. The fourth-order valence-electron chi connectivity index (χ4n) is 7.39. The number of aromatic nitrogens is 2. The van der Waals surface area contributed by atoms with Gasteiger partial charge in [-0.15, -0.1) is 0 Å². The highest BCUT2D eigenvalue weighted by atomic mass is 19.1. The van der Waals surface area contributed by atoms with E-state index in [0.29, 0.717) is 53.7 Å². The fraction of sp³-hybridized carbons (Fsp3) is 0.472. The molecule has 1 aromatic heterocycles. The number of hydrogen-bond acceptors (Lipinski definition) is 10. The van der Waals surface area contributed by atoms with Crippen LogP contribution in [0.3, 0.4) is 0 Å². The van der Waals surface area contributed by atoms with E-state index in [-0.39, 0.29) is 35.7 Å². The van der Waals surface area contributed by atoms with Crippen molar-refractivity contribution in [2.24, 2.45) is 10.7 Å². The number of aromatic hydroxyl groups is 1. The largest absolute Gasteiger partial charge is 0.508 e. The number of ether oxygens (including phenoxy) is 2. The van der Waals surface area contributed by atoms with E-state index in [9.17, 15) is 14.7 Å². The van der Waals surface area contributed by atoms with E-state index in [2.05, 4.69) is 21.6 Å². The number of benzene rings is 2. The van der Waals surface area contributed by atoms with Gasteiger partial charge in [0.15, 0.2) is 5.83 Å². The molecule has 0 radical (unpaired) electrons. The lowest BCUT2D eigenvalue weighted by Gasteiger charge is -2.47. The van der Waals surface area contributed by atoms with Crippen LogP contribution in [0.1, 0.15) is 63.3 Å². The van der Waals surface area contributed by atoms with Crippen molar-refractivity contribution in [1.29, 1.82) is 0 Å². The molecule has 0 saturated carbocycles. The van der Waals surface area contributed by atoms with E-state index in [1.807, 2.05) is 36.2 Å². The Hall–Kier alpha value is -4.78. The number of anilines is 1. The maximum Gasteiger partial charge on any atom is 0.411 e. The Morgan fingerprint density at radius 3 is 2.63 bits per heavy atom. The quantitative estimate of drug-likeness (QED) is 0.314. The topological polar surface area (TPSA) is 147 Å². The highest BCUT2D eigenvalue weighted by Crippen LogP contribution is 2.43. The lowest BCUT2D eigenvalue weighted by Crippen LogP contribution is -2.69. The van der Waals surface area contributed by atoms with Crippen LogP contribution in [0, 0.1) is 6.92 Å². The summed E-state index contributed by atoms with van der Waals surface area (Å²) in [4.78, 5) is 45.6. The minimum absolute atomic E-state index is 0.0231. The first kappa shape index (κ1) is 34.1. The van der Waals surface area contributed by atoms with Crippen molar-refractivity contribution in [2.75, 3.05) is 38.2 Å². The summed E-state index contributed by atoms with van der Waals surface area (Å²) in [6.45, 7) is 12.2. The summed E-state index contributed by atoms with van der Waals surface area (Å²) in [5, 5.41) is 11.9. The number of carbonyl (C=O) groups is 2. The number of rotatable bonds is 8. The third-order valence-corrected chi connectivity index (χ3v) is 9.80. The summed E-state index contributed by atoms with van der Waals surface area (Å²) in [6.07, 6.45) is 2.25. The minimum Gasteiger partial charge on any atom is -0.508 e. The zero-order valence-electron chi connectivity index (χ0n) is 28.7. The van der Waals surface area contributed by atoms with Crippen LogP contribution < -0.4 is 15.4 Å². The zero-order valence-corrected chi connectivity index (χ0v) is 28.7. The summed E-state index contributed by atoms with van der Waals surface area (Å²) < 4.78 is 28.8. The molecule has 0 aliphatic carbocycles. The number of halogens is 1. The van der Waals surface area contributed by atoms with Gasteiger partial charge in [-0.05, 0) is 96.6 Å². The summed E-state index contributed by atoms with van der Waals surface area (Å²) in [5.41, 5.74) is 4.45. The van der Waals surface area contributed by atoms with Gasteiger partial charge in [0.25, 0.3) is 0 Å². The molecule has 0 spiro atoms. The standard InChI is InChI=1S/C36H44FN7O5/c1-21-29(28(37)30(39-5)27-17-25(45)16-22-10-7-8-12-26(22)27)40-33(48-19-24-11-9-15-42(24)6)41-31(21)43-18-23-13-14-36(20-43,32(38)46)44(23)34(47)49-35(2,3)4/h7-8,10,12,16-17,23-24,45H,5,9,11,13-15,18-20H2,1-4,6H3,(H2,38,46)/b30-28+/t23?,24-,36?/m0/s1. The molecule has 2 bridgehead atoms. The number of phenols is 1. The van der Waals surface area contributed by atoms with Crippen LogP contribution >= 0.6 is 0 Å². The number of aliphatic imine (C=N–C) groups is 1. The van der Waals surface area contributed by atoms with E-state index in [1.54, 1.807) is 33.8 Å². The van der Waals surface area contributed by atoms with Crippen LogP contribution in [0.25, 0.3) is 22.3 Å². The predicted molar refractivity (Wildman–Crippen MR) is 186 cm³/mol. The number of fused-ring (bicyclic) bond motifs is 3. The van der Waals surface area contributed by atoms with Crippen molar-refractivity contribution in [1.82, 2.24) is 19.8 Å². The average Bonchev–Trinajstić information content (AvgIpc) is 3.56. The molecular formula is C36H44FN7O5. The Morgan fingerprint density at radius 2 is 1.96 bits per heavy atom. The second-order valence-electron chi connectivity index (χ2n) is 14.2. The number of likely N-dealkylation sites (tertiary alicyclic amines) is 1. The zero-order chi connectivity index (χ0) is 35.2. The molecule has 2 unspecified atom stereocenters. The Morgan fingerprint density at radius 1 is 1.20 bits per heavy atom. The molecule has 3 N–H and O–H groups in total. The normalized spacial score (nSPS) is 23.1. The van der Waals surface area contributed by atoms with Crippen molar-refractivity contribution in [3.63, 3.8) is 0 Å². The number of amides is 2. The van der Waals surface area contributed by atoms with Crippen LogP contribution in [0.15, 0.2) is 41.4 Å². The number of primary amides is 1. The molecule has 3 fully saturated rings. The van der Waals surface area contributed by atoms with E-state index >= 15 is 4.39 Å². The van der Waals surface area contributed by atoms with Crippen LogP contribution in [-0.4, -0.2) is 100 Å². The highest BCUT2D eigenvalue weighted by Gasteiger charge is 2.58. The van der Waals surface area contributed by atoms with Crippen molar-refractivity contribution >= 4 is 46.8 Å². The smallest absolute Gasteiger partial charge is 0.411 e. The van der Waals surface area contributed by atoms with Gasteiger partial charge in [-0.25, -0.2) is 9.18 Å². The number of nitrogens with two attached hydrogens (primary N) is 1. The lowest BCUT2D eigenvalue weighted by molar-refractivity contribution is -0.129. The molecule has 49 heavy (non-hydrogen) atoms. The number of phenolic OH excluding ortho intramolecular Hbond substituents is 1. The first-order chi connectivity index (χ1) is 23.2. The van der Waals surface area contributed by atoms with Crippen molar-refractivity contribution in [3.05, 3.63) is 53.2 Å². The Labute approximate surface area is 285 Å². The molecule has 2 aromatic carbocycles. The van der Waals surface area contributed by atoms with Gasteiger partial charge < -0.3 is 30.1 Å². The Kier molecular flexibility index (Phi) is 8.99. The fourth-order valence-corrected chi connectivity index (χ4v) is 7.39. The van der Waals surface area contributed by atoms with Crippen LogP contribution in [-0.2, 0) is 9.53 Å². The van der Waals surface area contributed by atoms with Crippen LogP contribution in [0.4, 0.5) is 15.0 Å². The molecule has 3 aromatic rings. The maximum atomic E-state index is 17.0. The number of carbonyl (C=O) groups excluding carboxylic acids is 2. The molecule has 2 amide bonds. The number of likely N-dealkylation sites (N-methyl/N-ethyl adjacent to an activating group) is 1. The van der Waals surface area contributed by atoms with Gasteiger partial charge in [-0.3, -0.25) is 14.7 Å². The molecule has 6 rings (SSSR count). The molecule has 13 heteroatoms. The highest BCUT2D eigenvalue weighted by molar-refractivity contribution is 6.01. The molecule has 3 aliphatic rings. The van der Waals surface area contributed by atoms with E-state index in [0.717, 1.165) is 19.4 Å². The summed E-state index contributed by atoms with van der Waals surface area (Å²) in [6, 6.07) is 10.0. The van der Waals surface area contributed by atoms with Crippen molar-refractivity contribution in [2.45, 2.75) is 76.6 Å². The van der Waals surface area contributed by atoms with Gasteiger partial charge in [-0.2, -0.15) is 9.97 Å². The van der Waals surface area contributed by atoms with Crippen LogP contribution in [0.2, 0.25) is 0 Å². The maximum absolute atomic E-state index is 17.0. The predicted octanol–water partition coefficient (Wildman–Crippen LogP) is 5.06. The summed E-state index contributed by atoms with van der Waals surface area (Å²) in [5.74, 6) is -1.14. The molecule has 4 heterocycles. The average molecular weight is 674 g/mol. The van der Waals surface area contributed by atoms with Gasteiger partial charge in [0, 0.05) is 23.7 Å². The third-order valence-electron chi connectivity index (χ3n) is 9.80. The number of hydrogen-bond donors (Lipinski definition) is 2. The van der Waals surface area contributed by atoms with Gasteiger partial charge in [0.2, 0.25) is 5.91 Å². The first-order valence-corrected chi connectivity index (χ1v) is 16.6. The van der Waals surface area contributed by atoms with Crippen molar-refractivity contribution < 1.29 is 28.6 Å².